The van der Waals surface area contributed by atoms with E-state index in [-0.39, 0.29) is 18.4 Å². The van der Waals surface area contributed by atoms with Crippen molar-refractivity contribution in [2.24, 2.45) is 0 Å². The van der Waals surface area contributed by atoms with E-state index < -0.39 is 0 Å². The molecule has 1 aromatic carbocycles. The van der Waals surface area contributed by atoms with Gasteiger partial charge in [-0.15, -0.1) is 0 Å². The molecular weight excluding hydrogens is 202 g/mol. The second kappa shape index (κ2) is 5.12. The predicted molar refractivity (Wildman–Crippen MR) is 62.2 cm³/mol. The van der Waals surface area contributed by atoms with E-state index in [2.05, 4.69) is 11.4 Å². The van der Waals surface area contributed by atoms with E-state index in [0.29, 0.717) is 6.54 Å². The molecule has 2 N–H and O–H groups in total. The number of amides is 1. The maximum absolute atomic E-state index is 11.9. The van der Waals surface area contributed by atoms with Crippen LogP contribution in [0.1, 0.15) is 29.9 Å². The van der Waals surface area contributed by atoms with Crippen molar-refractivity contribution < 1.29 is 9.90 Å². The third kappa shape index (κ3) is 2.25. The number of aliphatic hydroxyl groups is 1. The molecule has 0 bridgehead atoms. The van der Waals surface area contributed by atoms with E-state index in [4.69, 9.17) is 5.11 Å². The van der Waals surface area contributed by atoms with Gasteiger partial charge in [0.2, 0.25) is 5.91 Å². The van der Waals surface area contributed by atoms with Crippen molar-refractivity contribution in [2.45, 2.75) is 25.2 Å². The second-order valence-electron chi connectivity index (χ2n) is 4.16. The molecule has 0 aliphatic heterocycles. The van der Waals surface area contributed by atoms with Crippen molar-refractivity contribution >= 4 is 5.91 Å². The number of hydrogen-bond donors (Lipinski definition) is 2. The fraction of sp³-hybridized carbons (Fsp3) is 0.462. The number of benzene rings is 1. The summed E-state index contributed by atoms with van der Waals surface area (Å²) in [6.07, 6.45) is 3.04. The van der Waals surface area contributed by atoms with Gasteiger partial charge in [0.1, 0.15) is 0 Å². The second-order valence-corrected chi connectivity index (χ2v) is 4.16. The summed E-state index contributed by atoms with van der Waals surface area (Å²) in [6.45, 7) is 0.345. The number of hydrogen-bond acceptors (Lipinski definition) is 2. The maximum atomic E-state index is 11.9. The zero-order chi connectivity index (χ0) is 11.4. The zero-order valence-corrected chi connectivity index (χ0v) is 9.28. The molecule has 0 unspecified atom stereocenters. The van der Waals surface area contributed by atoms with Crippen LogP contribution in [-0.2, 0) is 11.2 Å². The Hall–Kier alpha value is -1.35. The quantitative estimate of drug-likeness (QED) is 0.803. The molecule has 0 saturated carbocycles. The molecule has 3 nitrogen and oxygen atoms in total. The van der Waals surface area contributed by atoms with Crippen LogP contribution in [0.3, 0.4) is 0 Å². The van der Waals surface area contributed by atoms with Crippen LogP contribution in [0.2, 0.25) is 0 Å². The third-order valence-corrected chi connectivity index (χ3v) is 3.10. The Bertz CT molecular complexity index is 376. The SMILES string of the molecule is O=C(NCCO)[C@@H]1CCCc2ccccc21. The number of fused-ring (bicyclic) bond motifs is 1. The molecule has 0 aromatic heterocycles. The Morgan fingerprint density at radius 2 is 2.25 bits per heavy atom. The monoisotopic (exact) mass is 219 g/mol. The first kappa shape index (κ1) is 11.1. The van der Waals surface area contributed by atoms with Gasteiger partial charge in [0.05, 0.1) is 12.5 Å². The van der Waals surface area contributed by atoms with Crippen LogP contribution in [0.25, 0.3) is 0 Å². The minimum absolute atomic E-state index is 0.000106. The van der Waals surface area contributed by atoms with Crippen LogP contribution in [0, 0.1) is 0 Å². The van der Waals surface area contributed by atoms with Crippen LogP contribution in [0.5, 0.6) is 0 Å². The smallest absolute Gasteiger partial charge is 0.227 e. The largest absolute Gasteiger partial charge is 0.395 e. The molecule has 86 valence electrons. The molecule has 1 amide bonds. The number of aliphatic hydroxyl groups excluding tert-OH is 1. The Morgan fingerprint density at radius 3 is 3.06 bits per heavy atom. The Kier molecular flexibility index (Phi) is 3.57. The average Bonchev–Trinajstić information content (AvgIpc) is 2.35. The molecule has 1 aliphatic rings. The first-order chi connectivity index (χ1) is 7.83. The van der Waals surface area contributed by atoms with Gasteiger partial charge in [0, 0.05) is 6.54 Å². The normalized spacial score (nSPS) is 18.9. The first-order valence-corrected chi connectivity index (χ1v) is 5.79. The molecule has 0 spiro atoms. The molecule has 1 aromatic rings. The minimum Gasteiger partial charge on any atom is -0.395 e. The Balaban J connectivity index is 2.15. The molecule has 0 saturated heterocycles. The summed E-state index contributed by atoms with van der Waals surface area (Å²) in [6, 6.07) is 8.14. The lowest BCUT2D eigenvalue weighted by Crippen LogP contribution is -2.33. The van der Waals surface area contributed by atoms with Crippen molar-refractivity contribution in [1.82, 2.24) is 5.32 Å². The molecule has 1 atom stereocenters. The third-order valence-electron chi connectivity index (χ3n) is 3.10. The topological polar surface area (TPSA) is 49.3 Å². The van der Waals surface area contributed by atoms with E-state index in [0.717, 1.165) is 24.8 Å². The van der Waals surface area contributed by atoms with Gasteiger partial charge in [-0.1, -0.05) is 24.3 Å². The number of rotatable bonds is 3. The number of nitrogens with one attached hydrogen (secondary N) is 1. The van der Waals surface area contributed by atoms with Gasteiger partial charge in [0.15, 0.2) is 0 Å². The summed E-state index contributed by atoms with van der Waals surface area (Å²) < 4.78 is 0. The number of carbonyl (C=O) groups excluding carboxylic acids is 1. The van der Waals surface area contributed by atoms with E-state index in [1.165, 1.54) is 5.56 Å². The summed E-state index contributed by atoms with van der Waals surface area (Å²) in [5, 5.41) is 11.4. The van der Waals surface area contributed by atoms with E-state index in [1.54, 1.807) is 0 Å². The lowest BCUT2D eigenvalue weighted by Gasteiger charge is -2.24. The molecule has 16 heavy (non-hydrogen) atoms. The maximum Gasteiger partial charge on any atom is 0.227 e. The van der Waals surface area contributed by atoms with Crippen LogP contribution >= 0.6 is 0 Å². The highest BCUT2D eigenvalue weighted by molar-refractivity contribution is 5.84. The summed E-state index contributed by atoms with van der Waals surface area (Å²) in [5.41, 5.74) is 2.45. The van der Waals surface area contributed by atoms with Crippen LogP contribution in [0.15, 0.2) is 24.3 Å². The van der Waals surface area contributed by atoms with Gasteiger partial charge in [-0.25, -0.2) is 0 Å². The van der Waals surface area contributed by atoms with Crippen LogP contribution in [-0.4, -0.2) is 24.2 Å². The van der Waals surface area contributed by atoms with Gasteiger partial charge < -0.3 is 10.4 Å². The first-order valence-electron chi connectivity index (χ1n) is 5.79. The summed E-state index contributed by atoms with van der Waals surface area (Å²) in [4.78, 5) is 11.9. The molecule has 3 heteroatoms. The lowest BCUT2D eigenvalue weighted by molar-refractivity contribution is -0.123. The molecule has 0 fully saturated rings. The fourth-order valence-electron chi connectivity index (χ4n) is 2.33. The Morgan fingerprint density at radius 1 is 1.44 bits per heavy atom. The molecule has 1 aliphatic carbocycles. The minimum atomic E-state index is -0.0310. The lowest BCUT2D eigenvalue weighted by atomic mass is 9.82. The average molecular weight is 219 g/mol. The van der Waals surface area contributed by atoms with Gasteiger partial charge in [-0.2, -0.15) is 0 Å². The van der Waals surface area contributed by atoms with Crippen LogP contribution < -0.4 is 5.32 Å². The molecule has 2 rings (SSSR count). The van der Waals surface area contributed by atoms with Crippen LogP contribution in [0.4, 0.5) is 0 Å². The summed E-state index contributed by atoms with van der Waals surface area (Å²) in [5.74, 6) is 0.0118. The van der Waals surface area contributed by atoms with E-state index >= 15 is 0 Å². The van der Waals surface area contributed by atoms with Gasteiger partial charge in [-0.05, 0) is 30.4 Å². The highest BCUT2D eigenvalue weighted by Gasteiger charge is 2.25. The number of aryl methyl sites for hydroxylation is 1. The molecule has 0 heterocycles. The van der Waals surface area contributed by atoms with E-state index in [9.17, 15) is 4.79 Å². The van der Waals surface area contributed by atoms with Gasteiger partial charge in [0.25, 0.3) is 0 Å². The molecular formula is C13H17NO2. The van der Waals surface area contributed by atoms with Crippen molar-refractivity contribution in [3.8, 4) is 0 Å². The van der Waals surface area contributed by atoms with Gasteiger partial charge >= 0.3 is 0 Å². The zero-order valence-electron chi connectivity index (χ0n) is 9.28. The van der Waals surface area contributed by atoms with Crippen molar-refractivity contribution in [2.75, 3.05) is 13.2 Å². The van der Waals surface area contributed by atoms with Crippen molar-refractivity contribution in [1.29, 1.82) is 0 Å². The highest BCUT2D eigenvalue weighted by atomic mass is 16.3. The Labute approximate surface area is 95.5 Å². The number of carbonyl (C=O) groups is 1. The van der Waals surface area contributed by atoms with Crippen molar-refractivity contribution in [3.63, 3.8) is 0 Å². The standard InChI is InChI=1S/C13H17NO2/c15-9-8-14-13(16)12-7-3-5-10-4-1-2-6-11(10)12/h1-2,4,6,12,15H,3,5,7-9H2,(H,14,16)/t12-/m1/s1. The highest BCUT2D eigenvalue weighted by Crippen LogP contribution is 2.31. The molecule has 0 radical (unpaired) electrons. The van der Waals surface area contributed by atoms with Gasteiger partial charge in [-0.3, -0.25) is 4.79 Å². The van der Waals surface area contributed by atoms with E-state index in [1.807, 2.05) is 18.2 Å². The van der Waals surface area contributed by atoms with Crippen molar-refractivity contribution in [3.05, 3.63) is 35.4 Å². The predicted octanol–water partition coefficient (Wildman–Crippen LogP) is 1.21. The summed E-state index contributed by atoms with van der Waals surface area (Å²) in [7, 11) is 0. The fourth-order valence-corrected chi connectivity index (χ4v) is 2.33. The summed E-state index contributed by atoms with van der Waals surface area (Å²) >= 11 is 0.